The summed E-state index contributed by atoms with van der Waals surface area (Å²) >= 11 is 1.58. The van der Waals surface area contributed by atoms with Crippen molar-refractivity contribution in [2.75, 3.05) is 13.2 Å². The number of nitrogens with one attached hydrogen (secondary N) is 1. The largest absolute Gasteiger partial charge is 0.491 e. The summed E-state index contributed by atoms with van der Waals surface area (Å²) < 4.78 is 5.57. The number of aryl methyl sites for hydroxylation is 2. The van der Waals surface area contributed by atoms with E-state index in [0.29, 0.717) is 5.92 Å². The first kappa shape index (κ1) is 18.0. The standard InChI is InChI=1S/C20H25NO3S/c1-13-4-3-5-17(9-13)24-12-16(22)11-21-20(23)19-10-15-8-14(2)6-7-18(15)25-19/h3-5,9-10,14,16,22H,6-8,11-12H2,1-2H3,(H,21,23)/t14-,16-/m1/s1. The number of rotatable bonds is 6. The van der Waals surface area contributed by atoms with Gasteiger partial charge in [-0.05, 0) is 61.4 Å². The molecular formula is C20H25NO3S. The summed E-state index contributed by atoms with van der Waals surface area (Å²) in [5.41, 5.74) is 2.42. The maximum Gasteiger partial charge on any atom is 0.261 e. The van der Waals surface area contributed by atoms with Gasteiger partial charge in [-0.15, -0.1) is 11.3 Å². The minimum Gasteiger partial charge on any atom is -0.491 e. The van der Waals surface area contributed by atoms with Gasteiger partial charge in [-0.3, -0.25) is 4.79 Å². The van der Waals surface area contributed by atoms with Crippen LogP contribution in [0, 0.1) is 12.8 Å². The molecule has 5 heteroatoms. The topological polar surface area (TPSA) is 58.6 Å². The Hall–Kier alpha value is -1.85. The summed E-state index contributed by atoms with van der Waals surface area (Å²) in [6.45, 7) is 4.58. The average Bonchev–Trinajstić information content (AvgIpc) is 3.01. The zero-order valence-corrected chi connectivity index (χ0v) is 15.6. The van der Waals surface area contributed by atoms with Crippen molar-refractivity contribution < 1.29 is 14.6 Å². The molecule has 0 aliphatic heterocycles. The Morgan fingerprint density at radius 3 is 3.08 bits per heavy atom. The molecule has 1 amide bonds. The lowest BCUT2D eigenvalue weighted by Crippen LogP contribution is -2.35. The predicted molar refractivity (Wildman–Crippen MR) is 101 cm³/mol. The number of thiophene rings is 1. The van der Waals surface area contributed by atoms with Crippen molar-refractivity contribution in [2.45, 2.75) is 39.2 Å². The molecule has 3 rings (SSSR count). The van der Waals surface area contributed by atoms with Crippen molar-refractivity contribution in [3.05, 3.63) is 51.2 Å². The minimum absolute atomic E-state index is 0.110. The van der Waals surface area contributed by atoms with Gasteiger partial charge in [0, 0.05) is 11.4 Å². The van der Waals surface area contributed by atoms with E-state index in [4.69, 9.17) is 4.74 Å². The van der Waals surface area contributed by atoms with Gasteiger partial charge < -0.3 is 15.2 Å². The molecule has 1 aromatic carbocycles. The van der Waals surface area contributed by atoms with Crippen LogP contribution < -0.4 is 10.1 Å². The van der Waals surface area contributed by atoms with Crippen molar-refractivity contribution in [1.29, 1.82) is 0 Å². The molecule has 0 spiro atoms. The molecule has 0 saturated carbocycles. The molecule has 1 aliphatic carbocycles. The first-order chi connectivity index (χ1) is 12.0. The highest BCUT2D eigenvalue weighted by atomic mass is 32.1. The molecular weight excluding hydrogens is 334 g/mol. The summed E-state index contributed by atoms with van der Waals surface area (Å²) in [5, 5.41) is 12.8. The van der Waals surface area contributed by atoms with Crippen LogP contribution in [0.3, 0.4) is 0 Å². The minimum atomic E-state index is -0.737. The van der Waals surface area contributed by atoms with Crippen LogP contribution in [-0.2, 0) is 12.8 Å². The molecule has 0 fully saturated rings. The van der Waals surface area contributed by atoms with Gasteiger partial charge in [0.05, 0.1) is 4.88 Å². The molecule has 134 valence electrons. The predicted octanol–water partition coefficient (Wildman–Crippen LogP) is 3.35. The number of fused-ring (bicyclic) bond motifs is 1. The quantitative estimate of drug-likeness (QED) is 0.831. The maximum absolute atomic E-state index is 12.3. The summed E-state index contributed by atoms with van der Waals surface area (Å²) in [4.78, 5) is 14.4. The fourth-order valence-corrected chi connectivity index (χ4v) is 4.20. The normalized spacial score (nSPS) is 17.6. The average molecular weight is 359 g/mol. The van der Waals surface area contributed by atoms with E-state index in [1.54, 1.807) is 11.3 Å². The second-order valence-corrected chi connectivity index (χ2v) is 8.04. The van der Waals surface area contributed by atoms with Crippen LogP contribution >= 0.6 is 11.3 Å². The van der Waals surface area contributed by atoms with Gasteiger partial charge in [0.25, 0.3) is 5.91 Å². The molecule has 25 heavy (non-hydrogen) atoms. The van der Waals surface area contributed by atoms with Crippen LogP contribution in [0.5, 0.6) is 5.75 Å². The van der Waals surface area contributed by atoms with Gasteiger partial charge >= 0.3 is 0 Å². The molecule has 4 nitrogen and oxygen atoms in total. The number of benzene rings is 1. The van der Waals surface area contributed by atoms with E-state index in [2.05, 4.69) is 12.2 Å². The molecule has 0 bridgehead atoms. The van der Waals surface area contributed by atoms with Crippen LogP contribution in [0.25, 0.3) is 0 Å². The Labute approximate surface area is 152 Å². The number of ether oxygens (including phenoxy) is 1. The maximum atomic E-state index is 12.3. The first-order valence-corrected chi connectivity index (χ1v) is 9.60. The third-order valence-corrected chi connectivity index (χ3v) is 5.72. The van der Waals surface area contributed by atoms with Crippen LogP contribution in [0.15, 0.2) is 30.3 Å². The molecule has 1 heterocycles. The number of carbonyl (C=O) groups excluding carboxylic acids is 1. The molecule has 0 unspecified atom stereocenters. The van der Waals surface area contributed by atoms with E-state index in [1.807, 2.05) is 37.3 Å². The van der Waals surface area contributed by atoms with E-state index in [1.165, 1.54) is 16.9 Å². The van der Waals surface area contributed by atoms with Crippen LogP contribution in [0.1, 0.15) is 39.0 Å². The third kappa shape index (κ3) is 4.83. The molecule has 0 saturated heterocycles. The first-order valence-electron chi connectivity index (χ1n) is 8.78. The summed E-state index contributed by atoms with van der Waals surface area (Å²) in [6, 6.07) is 9.70. The smallest absolute Gasteiger partial charge is 0.261 e. The Kier molecular flexibility index (Phi) is 5.76. The lowest BCUT2D eigenvalue weighted by Gasteiger charge is -2.16. The van der Waals surface area contributed by atoms with Crippen molar-refractivity contribution in [1.82, 2.24) is 5.32 Å². The van der Waals surface area contributed by atoms with Crippen molar-refractivity contribution in [2.24, 2.45) is 5.92 Å². The Balaban J connectivity index is 1.47. The van der Waals surface area contributed by atoms with E-state index >= 15 is 0 Å². The van der Waals surface area contributed by atoms with Crippen molar-refractivity contribution in [3.8, 4) is 5.75 Å². The second kappa shape index (κ2) is 8.02. The number of hydrogen-bond donors (Lipinski definition) is 2. The lowest BCUT2D eigenvalue weighted by atomic mass is 9.90. The van der Waals surface area contributed by atoms with Crippen molar-refractivity contribution >= 4 is 17.2 Å². The fraction of sp³-hybridized carbons (Fsp3) is 0.450. The third-order valence-electron chi connectivity index (χ3n) is 4.48. The molecule has 2 atom stereocenters. The second-order valence-electron chi connectivity index (χ2n) is 6.90. The molecule has 1 aromatic heterocycles. The Bertz CT molecular complexity index is 740. The summed E-state index contributed by atoms with van der Waals surface area (Å²) in [5.74, 6) is 1.31. The number of carbonyl (C=O) groups is 1. The van der Waals surface area contributed by atoms with Crippen molar-refractivity contribution in [3.63, 3.8) is 0 Å². The zero-order valence-electron chi connectivity index (χ0n) is 14.7. The molecule has 1 aliphatic rings. The number of amides is 1. The molecule has 0 radical (unpaired) electrons. The molecule has 2 N–H and O–H groups in total. The summed E-state index contributed by atoms with van der Waals surface area (Å²) in [6.07, 6.45) is 2.59. The number of aliphatic hydroxyl groups is 1. The highest BCUT2D eigenvalue weighted by Crippen LogP contribution is 2.32. The van der Waals surface area contributed by atoms with Gasteiger partial charge in [0.1, 0.15) is 18.5 Å². The van der Waals surface area contributed by atoms with E-state index in [-0.39, 0.29) is 19.1 Å². The number of aliphatic hydroxyl groups excluding tert-OH is 1. The van der Waals surface area contributed by atoms with Gasteiger partial charge in [0.15, 0.2) is 0 Å². The van der Waals surface area contributed by atoms with Gasteiger partial charge in [-0.2, -0.15) is 0 Å². The lowest BCUT2D eigenvalue weighted by molar-refractivity contribution is 0.0847. The highest BCUT2D eigenvalue weighted by Gasteiger charge is 2.21. The van der Waals surface area contributed by atoms with E-state index in [0.717, 1.165) is 29.0 Å². The monoisotopic (exact) mass is 359 g/mol. The number of hydrogen-bond acceptors (Lipinski definition) is 4. The highest BCUT2D eigenvalue weighted by molar-refractivity contribution is 7.14. The Morgan fingerprint density at radius 1 is 1.44 bits per heavy atom. The van der Waals surface area contributed by atoms with E-state index in [9.17, 15) is 9.90 Å². The van der Waals surface area contributed by atoms with E-state index < -0.39 is 6.10 Å². The van der Waals surface area contributed by atoms with Gasteiger partial charge in [-0.25, -0.2) is 0 Å². The Morgan fingerprint density at radius 2 is 2.28 bits per heavy atom. The fourth-order valence-electron chi connectivity index (χ4n) is 3.07. The van der Waals surface area contributed by atoms with Crippen LogP contribution in [-0.4, -0.2) is 30.3 Å². The zero-order chi connectivity index (χ0) is 17.8. The van der Waals surface area contributed by atoms with Crippen LogP contribution in [0.2, 0.25) is 0 Å². The molecule has 2 aromatic rings. The summed E-state index contributed by atoms with van der Waals surface area (Å²) in [7, 11) is 0. The SMILES string of the molecule is Cc1cccc(OC[C@H](O)CNC(=O)c2cc3c(s2)CC[C@@H](C)C3)c1. The van der Waals surface area contributed by atoms with Gasteiger partial charge in [0.2, 0.25) is 0 Å². The van der Waals surface area contributed by atoms with Gasteiger partial charge in [-0.1, -0.05) is 19.1 Å². The van der Waals surface area contributed by atoms with Crippen LogP contribution in [0.4, 0.5) is 0 Å².